The summed E-state index contributed by atoms with van der Waals surface area (Å²) >= 11 is 1.36. The maximum Gasteiger partial charge on any atom is 0.410 e. The van der Waals surface area contributed by atoms with Gasteiger partial charge in [-0.05, 0) is 154 Å². The van der Waals surface area contributed by atoms with Crippen LogP contribution in [0.2, 0.25) is 0 Å². The zero-order valence-corrected chi connectivity index (χ0v) is 60.2. The molecule has 1 aliphatic heterocycles. The number of nitrogens with zero attached hydrogens (tertiary/aromatic N) is 7. The van der Waals surface area contributed by atoms with Gasteiger partial charge in [0, 0.05) is 109 Å². The summed E-state index contributed by atoms with van der Waals surface area (Å²) in [5.74, 6) is -5.21. The van der Waals surface area contributed by atoms with E-state index in [1.165, 1.54) is 28.4 Å². The number of nitrogens with two attached hydrogens (primary N) is 1. The van der Waals surface area contributed by atoms with Crippen LogP contribution in [0.25, 0.3) is 43.5 Å². The molecule has 27 nitrogen and oxygen atoms in total. The highest BCUT2D eigenvalue weighted by molar-refractivity contribution is 7.85. The lowest BCUT2D eigenvalue weighted by Crippen LogP contribution is -2.54. The van der Waals surface area contributed by atoms with Crippen LogP contribution in [0.4, 0.5) is 20.4 Å². The molecule has 0 radical (unpaired) electrons. The van der Waals surface area contributed by atoms with Crippen LogP contribution in [0.15, 0.2) is 109 Å². The molecule has 4 aromatic heterocycles. The van der Waals surface area contributed by atoms with Crippen LogP contribution in [0.3, 0.4) is 0 Å². The van der Waals surface area contributed by atoms with Crippen LogP contribution >= 0.6 is 11.3 Å². The van der Waals surface area contributed by atoms with Crippen LogP contribution in [0.1, 0.15) is 144 Å². The average molecular weight is 1450 g/mol. The summed E-state index contributed by atoms with van der Waals surface area (Å²) in [7, 11) is -4.52. The highest BCUT2D eigenvalue weighted by atomic mass is 32.2. The van der Waals surface area contributed by atoms with E-state index in [1.54, 1.807) is 86.9 Å². The van der Waals surface area contributed by atoms with E-state index in [4.69, 9.17) is 20.3 Å². The highest BCUT2D eigenvalue weighted by Gasteiger charge is 2.55. The first-order valence-corrected chi connectivity index (χ1v) is 37.0. The predicted octanol–water partition coefficient (Wildman–Crippen LogP) is 10.5. The maximum absolute atomic E-state index is 13.9. The van der Waals surface area contributed by atoms with E-state index < -0.39 is 64.0 Å². The number of rotatable bonds is 33. The number of carboxylic acid groups (broad SMARTS) is 1. The van der Waals surface area contributed by atoms with Crippen LogP contribution < -0.4 is 27.0 Å². The van der Waals surface area contributed by atoms with Gasteiger partial charge in [0.25, 0.3) is 27.8 Å². The van der Waals surface area contributed by atoms with Gasteiger partial charge < -0.3 is 41.2 Å². The number of thiazole rings is 1. The molecule has 0 spiro atoms. The number of para-hydroxylation sites is 1. The zero-order chi connectivity index (χ0) is 74.0. The number of carboxylic acids is 1. The second-order valence-electron chi connectivity index (χ2n) is 28.5. The molecule has 5 heterocycles. The van der Waals surface area contributed by atoms with Gasteiger partial charge in [0.1, 0.15) is 6.61 Å². The SMILES string of the molecule is Cc1c(-c2ccc(-c3cnc4cccc(C(=O)Nc5nc6ccccc6s5)c4c3)nc2C(=O)O)cnn1CC12CC(C)CC(C)(C1)CC(C)(OCCN(CCS(=O)(=O)O)C(=O)OCc1ccc(NC(=O)[C@H](CCCNC(N)=O)CC(=O)[C@@H](NC(=O)CCCCCN3C(=O)C=CC3=O)C(C)C)cc1)C2. The molecule has 2 aliphatic carbocycles. The number of aromatic carboxylic acids is 1. The number of pyridine rings is 2. The largest absolute Gasteiger partial charge is 0.476 e. The van der Waals surface area contributed by atoms with Gasteiger partial charge in [-0.25, -0.2) is 24.4 Å². The Morgan fingerprint density at radius 1 is 0.845 bits per heavy atom. The first-order chi connectivity index (χ1) is 48.9. The van der Waals surface area contributed by atoms with Gasteiger partial charge in [-0.15, -0.1) is 0 Å². The molecule has 8 amide bonds. The number of ketones is 1. The van der Waals surface area contributed by atoms with E-state index in [1.807, 2.05) is 42.8 Å². The van der Waals surface area contributed by atoms with Crippen molar-refractivity contribution in [1.82, 2.24) is 45.2 Å². The van der Waals surface area contributed by atoms with E-state index in [-0.39, 0.29) is 104 Å². The van der Waals surface area contributed by atoms with Crippen molar-refractivity contribution in [3.8, 4) is 22.4 Å². The van der Waals surface area contributed by atoms with Crippen molar-refractivity contribution in [2.24, 2.45) is 34.3 Å². The molecule has 546 valence electrons. The number of hydrogen-bond donors (Lipinski definition) is 7. The lowest BCUT2D eigenvalue weighted by molar-refractivity contribution is -0.163. The number of fused-ring (bicyclic) bond motifs is 4. The Bertz CT molecular complexity index is 4470. The summed E-state index contributed by atoms with van der Waals surface area (Å²) in [6, 6.07) is 22.8. The Balaban J connectivity index is 0.754. The van der Waals surface area contributed by atoms with Crippen LogP contribution in [-0.2, 0) is 56.7 Å². The minimum atomic E-state index is -4.52. The van der Waals surface area contributed by atoms with E-state index >= 15 is 0 Å². The summed E-state index contributed by atoms with van der Waals surface area (Å²) in [5, 5.41) is 27.7. The third-order valence-corrected chi connectivity index (χ3v) is 21.0. The number of nitrogens with one attached hydrogen (secondary N) is 4. The number of benzene rings is 3. The lowest BCUT2D eigenvalue weighted by Gasteiger charge is -2.59. The van der Waals surface area contributed by atoms with Crippen molar-refractivity contribution in [3.63, 3.8) is 0 Å². The predicted molar refractivity (Wildman–Crippen MR) is 387 cm³/mol. The minimum absolute atomic E-state index is 0.00834. The fourth-order valence-electron chi connectivity index (χ4n) is 15.4. The molecule has 0 saturated heterocycles. The number of primary amides is 1. The normalized spacial score (nSPS) is 19.3. The molecular weight excluding hydrogens is 1360 g/mol. The van der Waals surface area contributed by atoms with Crippen molar-refractivity contribution < 1.29 is 70.7 Å². The molecule has 2 saturated carbocycles. The van der Waals surface area contributed by atoms with Crippen LogP contribution in [-0.4, -0.2) is 156 Å². The van der Waals surface area contributed by atoms with E-state index in [2.05, 4.69) is 50.1 Å². The Kier molecular flexibility index (Phi) is 24.0. The number of hydrogen-bond acceptors (Lipinski definition) is 18. The number of amides is 8. The Labute approximate surface area is 600 Å². The fourth-order valence-corrected chi connectivity index (χ4v) is 16.7. The topological polar surface area (TPSA) is 384 Å². The second-order valence-corrected chi connectivity index (χ2v) is 31.1. The molecular formula is C74H88N12O15S2. The van der Waals surface area contributed by atoms with Crippen LogP contribution in [0, 0.1) is 35.5 Å². The molecule has 3 aromatic carbocycles. The van der Waals surface area contributed by atoms with Crippen LogP contribution in [0.5, 0.6) is 0 Å². The first-order valence-electron chi connectivity index (χ1n) is 34.6. The van der Waals surface area contributed by atoms with E-state index in [0.717, 1.165) is 40.1 Å². The van der Waals surface area contributed by atoms with Gasteiger partial charge in [-0.2, -0.15) is 13.5 Å². The van der Waals surface area contributed by atoms with Gasteiger partial charge in [0.15, 0.2) is 16.6 Å². The minimum Gasteiger partial charge on any atom is -0.476 e. The lowest BCUT2D eigenvalue weighted by atomic mass is 9.50. The van der Waals surface area contributed by atoms with Crippen molar-refractivity contribution in [1.29, 1.82) is 0 Å². The zero-order valence-electron chi connectivity index (χ0n) is 58.6. The number of carbonyl (C=O) groups is 9. The van der Waals surface area contributed by atoms with Crippen molar-refractivity contribution >= 4 is 107 Å². The van der Waals surface area contributed by atoms with Crippen molar-refractivity contribution in [2.45, 2.75) is 143 Å². The number of anilines is 2. The Morgan fingerprint density at radius 3 is 2.31 bits per heavy atom. The van der Waals surface area contributed by atoms with Gasteiger partial charge in [0.2, 0.25) is 11.8 Å². The van der Waals surface area contributed by atoms with Gasteiger partial charge >= 0.3 is 18.1 Å². The number of imide groups is 1. The summed E-state index contributed by atoms with van der Waals surface area (Å²) in [6.07, 6.45) is 10.6. The van der Waals surface area contributed by atoms with Crippen molar-refractivity contribution in [3.05, 3.63) is 132 Å². The molecule has 4 unspecified atom stereocenters. The van der Waals surface area contributed by atoms with E-state index in [9.17, 15) is 61.2 Å². The molecule has 8 N–H and O–H groups in total. The average Bonchev–Trinajstić information content (AvgIpc) is 1.64. The smallest absolute Gasteiger partial charge is 0.410 e. The molecule has 29 heteroatoms. The summed E-state index contributed by atoms with van der Waals surface area (Å²) in [4.78, 5) is 133. The molecule has 10 rings (SSSR count). The first kappa shape index (κ1) is 75.8. The quantitative estimate of drug-likeness (QED) is 0.0114. The number of urea groups is 1. The van der Waals surface area contributed by atoms with Crippen molar-refractivity contribution in [2.75, 3.05) is 49.2 Å². The third-order valence-electron chi connectivity index (χ3n) is 19.4. The standard InChI is InChI=1S/C74H88N12O15S2/c1-45(2)64(82-61(88)19-8-7-11-29-85-62(89)26-27-63(85)90)59(87)35-49(14-13-28-76-69(75)95)66(91)79-51-22-20-48(21-23-51)40-100-71(96)84(31-33-103(97,98)99)30-32-101-73(6)41-72(5)36-46(3)37-74(42-72,43-73)44-86-47(4)55(39-78-86)52-24-25-56(80-65(52)68(93)94)50-34-54-53(15-12-17-57(54)77-38-50)67(92)83-70-81-58-16-9-10-18-60(58)102-70/h9-10,12,15-18,20-27,34,38-39,45-46,49,64H,7-8,11,13-14,19,28-33,35-37,40-44H2,1-6H3,(H,79,91)(H,82,88)(H,93,94)(H3,75,76,95)(H,81,83,92)(H,97,98,99)/t46?,49-,64+,72?,73?,74?/m1/s1. The van der Waals surface area contributed by atoms with Gasteiger partial charge in [-0.1, -0.05) is 75.8 Å². The molecule has 3 aliphatic rings. The summed E-state index contributed by atoms with van der Waals surface area (Å²) in [5.41, 5.74) is 8.94. The maximum atomic E-state index is 13.9. The molecule has 2 fully saturated rings. The number of carbonyl (C=O) groups excluding carboxylic acids is 8. The van der Waals surface area contributed by atoms with Gasteiger partial charge in [-0.3, -0.25) is 53.2 Å². The second kappa shape index (κ2) is 32.6. The fraction of sp³-hybridized carbons (Fsp3) is 0.446. The summed E-state index contributed by atoms with van der Waals surface area (Å²) < 4.78 is 49.4. The molecule has 2 bridgehead atoms. The van der Waals surface area contributed by atoms with Gasteiger partial charge in [0.05, 0.1) is 51.6 Å². The molecule has 6 atom stereocenters. The number of Topliss-reactive ketones (excluding diaryl/α,β-unsaturated/α-hetero) is 1. The number of aromatic nitrogens is 5. The molecule has 103 heavy (non-hydrogen) atoms. The summed E-state index contributed by atoms with van der Waals surface area (Å²) in [6.45, 7) is 12.1. The highest BCUT2D eigenvalue weighted by Crippen LogP contribution is 2.61. The monoisotopic (exact) mass is 1450 g/mol. The number of unbranched alkanes of at least 4 members (excludes halogenated alkanes) is 2. The third kappa shape index (κ3) is 19.7. The Hall–Kier alpha value is -9.84. The Morgan fingerprint density at radius 2 is 1.59 bits per heavy atom. The van der Waals surface area contributed by atoms with E-state index in [0.29, 0.717) is 106 Å². The molecule has 7 aromatic rings. The number of ether oxygens (including phenoxy) is 2.